The van der Waals surface area contributed by atoms with Gasteiger partial charge in [0.1, 0.15) is 0 Å². The van der Waals surface area contributed by atoms with E-state index in [1.54, 1.807) is 14.2 Å². The monoisotopic (exact) mass is 280 g/mol. The lowest BCUT2D eigenvalue weighted by Crippen LogP contribution is -2.58. The maximum Gasteiger partial charge on any atom is 0.658 e. The summed E-state index contributed by atoms with van der Waals surface area (Å²) in [6, 6.07) is 0. The lowest BCUT2D eigenvalue weighted by molar-refractivity contribution is 0.0779. The van der Waals surface area contributed by atoms with Gasteiger partial charge in [-0.05, 0) is 32.7 Å². The van der Waals surface area contributed by atoms with E-state index < -0.39 is 25.7 Å². The van der Waals surface area contributed by atoms with E-state index in [0.717, 1.165) is 0 Å². The number of rotatable bonds is 7. The molecule has 4 nitrogen and oxygen atoms in total. The minimum absolute atomic E-state index is 1.57. The summed E-state index contributed by atoms with van der Waals surface area (Å²) in [5.74, 6) is 0. The van der Waals surface area contributed by atoms with Crippen molar-refractivity contribution in [2.75, 3.05) is 14.2 Å². The maximum absolute atomic E-state index is 5.98. The standard InChI is InChI=1S/C9H24O4Si3/c1-9-15(7,8)13-16(10-2,11-3)12-14(4,5)6/h9H,1H2,2-8H3. The molecule has 7 heteroatoms. The Bertz CT molecular complexity index is 233. The van der Waals surface area contributed by atoms with Crippen molar-refractivity contribution in [3.63, 3.8) is 0 Å². The summed E-state index contributed by atoms with van der Waals surface area (Å²) >= 11 is 0. The predicted octanol–water partition coefficient (Wildman–Crippen LogP) is 2.51. The maximum atomic E-state index is 5.98. The van der Waals surface area contributed by atoms with E-state index in [1.807, 2.05) is 18.8 Å². The Balaban J connectivity index is 4.89. The second-order valence-corrected chi connectivity index (χ2v) is 16.3. The average molecular weight is 281 g/mol. The van der Waals surface area contributed by atoms with Crippen LogP contribution in [0.1, 0.15) is 0 Å². The van der Waals surface area contributed by atoms with Crippen LogP contribution in [0.2, 0.25) is 32.7 Å². The van der Waals surface area contributed by atoms with Gasteiger partial charge in [0, 0.05) is 14.2 Å². The number of hydrogen-bond acceptors (Lipinski definition) is 4. The van der Waals surface area contributed by atoms with Crippen molar-refractivity contribution in [1.29, 1.82) is 0 Å². The second-order valence-electron chi connectivity index (χ2n) is 5.03. The van der Waals surface area contributed by atoms with Gasteiger partial charge in [-0.2, -0.15) is 0 Å². The van der Waals surface area contributed by atoms with Gasteiger partial charge in [0.15, 0.2) is 8.32 Å². The van der Waals surface area contributed by atoms with Gasteiger partial charge in [-0.25, -0.2) is 0 Å². The molecule has 0 aromatic rings. The molecule has 0 bridgehead atoms. The van der Waals surface area contributed by atoms with Crippen molar-refractivity contribution >= 4 is 25.7 Å². The summed E-state index contributed by atoms with van der Waals surface area (Å²) in [5, 5.41) is 0. The molecule has 0 saturated carbocycles. The Morgan fingerprint density at radius 1 is 0.875 bits per heavy atom. The van der Waals surface area contributed by atoms with Crippen LogP contribution in [0.5, 0.6) is 0 Å². The molecule has 0 saturated heterocycles. The van der Waals surface area contributed by atoms with E-state index in [1.165, 1.54) is 0 Å². The van der Waals surface area contributed by atoms with Crippen LogP contribution in [0.3, 0.4) is 0 Å². The average Bonchev–Trinajstić information content (AvgIpc) is 2.14. The Labute approximate surface area is 102 Å². The molecular weight excluding hydrogens is 256 g/mol. The molecule has 0 spiro atoms. The minimum Gasteiger partial charge on any atom is -0.395 e. The third-order valence-electron chi connectivity index (χ3n) is 1.81. The van der Waals surface area contributed by atoms with Crippen molar-refractivity contribution in [1.82, 2.24) is 0 Å². The molecule has 0 aliphatic heterocycles. The highest BCUT2D eigenvalue weighted by molar-refractivity contribution is 6.86. The molecule has 0 rings (SSSR count). The highest BCUT2D eigenvalue weighted by Crippen LogP contribution is 2.22. The van der Waals surface area contributed by atoms with Crippen molar-refractivity contribution in [3.05, 3.63) is 12.3 Å². The largest absolute Gasteiger partial charge is 0.658 e. The van der Waals surface area contributed by atoms with Crippen LogP contribution in [0.4, 0.5) is 0 Å². The molecule has 0 heterocycles. The molecule has 0 aromatic carbocycles. The molecule has 0 radical (unpaired) electrons. The van der Waals surface area contributed by atoms with E-state index >= 15 is 0 Å². The van der Waals surface area contributed by atoms with Crippen LogP contribution in [0, 0.1) is 0 Å². The fourth-order valence-electron chi connectivity index (χ4n) is 1.01. The molecule has 0 unspecified atom stereocenters. The summed E-state index contributed by atoms with van der Waals surface area (Å²) < 4.78 is 22.7. The Morgan fingerprint density at radius 3 is 1.56 bits per heavy atom. The molecule has 0 amide bonds. The quantitative estimate of drug-likeness (QED) is 0.672. The zero-order valence-corrected chi connectivity index (χ0v) is 14.4. The molecule has 0 atom stereocenters. The van der Waals surface area contributed by atoms with Gasteiger partial charge in [-0.3, -0.25) is 0 Å². The lowest BCUT2D eigenvalue weighted by Gasteiger charge is -2.35. The predicted molar refractivity (Wildman–Crippen MR) is 73.0 cm³/mol. The third kappa shape index (κ3) is 5.53. The summed E-state index contributed by atoms with van der Waals surface area (Å²) in [7, 11) is -3.59. The number of hydrogen-bond donors (Lipinski definition) is 0. The molecule has 0 aliphatic rings. The van der Waals surface area contributed by atoms with Crippen LogP contribution >= 0.6 is 0 Å². The van der Waals surface area contributed by atoms with Crippen LogP contribution in [-0.4, -0.2) is 39.9 Å². The summed E-state index contributed by atoms with van der Waals surface area (Å²) in [6.07, 6.45) is 0. The van der Waals surface area contributed by atoms with Gasteiger partial charge >= 0.3 is 9.05 Å². The normalized spacial score (nSPS) is 13.9. The first-order chi connectivity index (χ1) is 7.10. The first-order valence-corrected chi connectivity index (χ1v) is 13.3. The fourth-order valence-corrected chi connectivity index (χ4v) is 8.96. The lowest BCUT2D eigenvalue weighted by atomic mass is 11.3. The van der Waals surface area contributed by atoms with Crippen LogP contribution in [0.15, 0.2) is 12.3 Å². The van der Waals surface area contributed by atoms with Crippen molar-refractivity contribution < 1.29 is 17.1 Å². The van der Waals surface area contributed by atoms with E-state index in [-0.39, 0.29) is 0 Å². The molecule has 96 valence electrons. The minimum atomic E-state index is -2.98. The molecule has 0 aliphatic carbocycles. The summed E-state index contributed by atoms with van der Waals surface area (Å²) in [5.41, 5.74) is 1.85. The zero-order valence-electron chi connectivity index (χ0n) is 11.4. The van der Waals surface area contributed by atoms with E-state index in [4.69, 9.17) is 17.1 Å². The molecule has 0 fully saturated rings. The first-order valence-electron chi connectivity index (χ1n) is 5.24. The molecule has 0 aromatic heterocycles. The second kappa shape index (κ2) is 5.72. The van der Waals surface area contributed by atoms with E-state index in [2.05, 4.69) is 26.2 Å². The topological polar surface area (TPSA) is 36.9 Å². The molecule has 16 heavy (non-hydrogen) atoms. The Morgan fingerprint density at radius 2 is 1.31 bits per heavy atom. The molecule has 0 N–H and O–H groups in total. The van der Waals surface area contributed by atoms with Gasteiger partial charge < -0.3 is 17.1 Å². The van der Waals surface area contributed by atoms with Crippen molar-refractivity contribution in [2.45, 2.75) is 32.7 Å². The summed E-state index contributed by atoms with van der Waals surface area (Å²) in [6.45, 7) is 14.1. The van der Waals surface area contributed by atoms with E-state index in [9.17, 15) is 0 Å². The van der Waals surface area contributed by atoms with Gasteiger partial charge in [-0.15, -0.1) is 6.58 Å². The van der Waals surface area contributed by atoms with Crippen molar-refractivity contribution in [3.8, 4) is 0 Å². The Kier molecular flexibility index (Phi) is 5.80. The Hall–Kier alpha value is 0.231. The first kappa shape index (κ1) is 16.2. The smallest absolute Gasteiger partial charge is 0.395 e. The molecular formula is C9H24O4Si3. The van der Waals surface area contributed by atoms with E-state index in [0.29, 0.717) is 0 Å². The summed E-state index contributed by atoms with van der Waals surface area (Å²) in [4.78, 5) is 0. The van der Waals surface area contributed by atoms with Gasteiger partial charge in [0.25, 0.3) is 0 Å². The highest BCUT2D eigenvalue weighted by Gasteiger charge is 2.50. The van der Waals surface area contributed by atoms with Crippen LogP contribution in [0.25, 0.3) is 0 Å². The fraction of sp³-hybridized carbons (Fsp3) is 0.778. The highest BCUT2D eigenvalue weighted by atomic mass is 28.5. The van der Waals surface area contributed by atoms with Crippen LogP contribution in [-0.2, 0) is 17.1 Å². The van der Waals surface area contributed by atoms with Crippen molar-refractivity contribution in [2.24, 2.45) is 0 Å². The van der Waals surface area contributed by atoms with Gasteiger partial charge in [0.2, 0.25) is 8.32 Å². The SMILES string of the molecule is C=C[Si](C)(C)O[Si](OC)(OC)O[Si](C)(C)C. The van der Waals surface area contributed by atoms with Crippen LogP contribution < -0.4 is 0 Å². The van der Waals surface area contributed by atoms with Gasteiger partial charge in [0.05, 0.1) is 0 Å². The van der Waals surface area contributed by atoms with Gasteiger partial charge in [-0.1, -0.05) is 5.70 Å². The third-order valence-corrected chi connectivity index (χ3v) is 10.3. The zero-order chi connectivity index (χ0) is 13.0.